The Morgan fingerprint density at radius 2 is 1.89 bits per heavy atom. The van der Waals surface area contributed by atoms with E-state index >= 15 is 0 Å². The average molecular weight is 383 g/mol. The van der Waals surface area contributed by atoms with Crippen molar-refractivity contribution >= 4 is 11.7 Å². The molecule has 28 heavy (non-hydrogen) atoms. The molecule has 0 radical (unpaired) electrons. The number of nitrogens with zero attached hydrogens (tertiary/aromatic N) is 4. The smallest absolute Gasteiger partial charge is 0.225 e. The van der Waals surface area contributed by atoms with Crippen LogP contribution in [0.25, 0.3) is 5.69 Å². The summed E-state index contributed by atoms with van der Waals surface area (Å²) in [5.74, 6) is 1.90. The largest absolute Gasteiger partial charge is 0.362 e. The molecular weight excluding hydrogens is 348 g/mol. The summed E-state index contributed by atoms with van der Waals surface area (Å²) in [6, 6.07) is 10.3. The van der Waals surface area contributed by atoms with E-state index in [9.17, 15) is 4.79 Å². The first-order valence-electron chi connectivity index (χ1n) is 10.6. The predicted molar refractivity (Wildman–Crippen MR) is 115 cm³/mol. The molecule has 1 aliphatic rings. The van der Waals surface area contributed by atoms with E-state index in [0.717, 1.165) is 43.0 Å². The summed E-state index contributed by atoms with van der Waals surface area (Å²) in [6.07, 6.45) is 4.24. The molecule has 152 valence electrons. The number of amides is 1. The number of aromatic nitrogens is 2. The predicted octanol–water partition coefficient (Wildman–Crippen LogP) is 4.60. The Labute approximate surface area is 169 Å². The quantitative estimate of drug-likeness (QED) is 0.670. The molecule has 0 atom stereocenters. The Morgan fingerprint density at radius 1 is 1.21 bits per heavy atom. The molecule has 5 nitrogen and oxygen atoms in total. The Bertz CT molecular complexity index is 790. The van der Waals surface area contributed by atoms with Crippen LogP contribution >= 0.6 is 0 Å². The third kappa shape index (κ3) is 4.08. The van der Waals surface area contributed by atoms with Gasteiger partial charge in [0.05, 0.1) is 17.9 Å². The van der Waals surface area contributed by atoms with E-state index < -0.39 is 0 Å². The van der Waals surface area contributed by atoms with Crippen LogP contribution in [0.4, 0.5) is 5.82 Å². The highest BCUT2D eigenvalue weighted by Gasteiger charge is 2.31. The number of para-hydroxylation sites is 1. The molecule has 0 saturated heterocycles. The summed E-state index contributed by atoms with van der Waals surface area (Å²) in [7, 11) is 4.12. The second kappa shape index (κ2) is 8.80. The van der Waals surface area contributed by atoms with Gasteiger partial charge in [-0.05, 0) is 37.3 Å². The normalized spacial score (nSPS) is 14.2. The summed E-state index contributed by atoms with van der Waals surface area (Å²) >= 11 is 0. The van der Waals surface area contributed by atoms with Gasteiger partial charge in [-0.25, -0.2) is 4.68 Å². The highest BCUT2D eigenvalue weighted by molar-refractivity contribution is 5.80. The number of anilines is 1. The van der Waals surface area contributed by atoms with E-state index in [-0.39, 0.29) is 5.92 Å². The third-order valence-electron chi connectivity index (χ3n) is 5.57. The zero-order valence-corrected chi connectivity index (χ0v) is 18.0. The lowest BCUT2D eigenvalue weighted by atomic mass is 9.84. The first-order valence-corrected chi connectivity index (χ1v) is 10.6. The summed E-state index contributed by atoms with van der Waals surface area (Å²) in [6.45, 7) is 7.94. The molecule has 0 unspecified atom stereocenters. The molecule has 1 saturated carbocycles. The molecule has 1 aliphatic carbocycles. The van der Waals surface area contributed by atoms with Crippen LogP contribution in [0.3, 0.4) is 0 Å². The molecule has 1 fully saturated rings. The number of carbonyl (C=O) groups excluding carboxylic acids is 1. The number of carbonyl (C=O) groups is 1. The summed E-state index contributed by atoms with van der Waals surface area (Å²) in [5.41, 5.74) is 3.30. The minimum atomic E-state index is 0.223. The molecule has 0 spiro atoms. The van der Waals surface area contributed by atoms with Gasteiger partial charge in [-0.15, -0.1) is 0 Å². The van der Waals surface area contributed by atoms with Crippen LogP contribution in [0.1, 0.15) is 63.6 Å². The lowest BCUT2D eigenvalue weighted by Crippen LogP contribution is -2.39. The van der Waals surface area contributed by atoms with Crippen LogP contribution in [0, 0.1) is 5.92 Å². The van der Waals surface area contributed by atoms with Gasteiger partial charge < -0.3 is 9.80 Å². The second-order valence-corrected chi connectivity index (χ2v) is 8.37. The third-order valence-corrected chi connectivity index (χ3v) is 5.57. The highest BCUT2D eigenvalue weighted by Crippen LogP contribution is 2.33. The topological polar surface area (TPSA) is 41.4 Å². The molecule has 0 N–H and O–H groups in total. The lowest BCUT2D eigenvalue weighted by molar-refractivity contribution is -0.138. The Morgan fingerprint density at radius 3 is 2.39 bits per heavy atom. The SMILES string of the molecule is CCCN(Cc1c(C(C)C)nn(-c2ccccc2)c1N(C)C)C(=O)C1CCC1. The van der Waals surface area contributed by atoms with Crippen molar-refractivity contribution in [3.63, 3.8) is 0 Å². The maximum Gasteiger partial charge on any atom is 0.225 e. The van der Waals surface area contributed by atoms with Gasteiger partial charge in [0, 0.05) is 32.1 Å². The minimum absolute atomic E-state index is 0.223. The van der Waals surface area contributed by atoms with Gasteiger partial charge in [-0.2, -0.15) is 5.10 Å². The first-order chi connectivity index (χ1) is 13.4. The monoisotopic (exact) mass is 382 g/mol. The second-order valence-electron chi connectivity index (χ2n) is 8.37. The van der Waals surface area contributed by atoms with E-state index in [1.807, 2.05) is 22.9 Å². The first kappa shape index (κ1) is 20.4. The van der Waals surface area contributed by atoms with Crippen LogP contribution in [0.5, 0.6) is 0 Å². The van der Waals surface area contributed by atoms with Crippen molar-refractivity contribution in [3.05, 3.63) is 41.6 Å². The number of benzene rings is 1. The summed E-state index contributed by atoms with van der Waals surface area (Å²) in [4.78, 5) is 17.2. The van der Waals surface area contributed by atoms with Crippen molar-refractivity contribution in [2.75, 3.05) is 25.5 Å². The lowest BCUT2D eigenvalue weighted by Gasteiger charge is -2.32. The average Bonchev–Trinajstić information content (AvgIpc) is 3.00. The van der Waals surface area contributed by atoms with Crippen LogP contribution in [-0.2, 0) is 11.3 Å². The van der Waals surface area contributed by atoms with Crippen molar-refractivity contribution < 1.29 is 4.79 Å². The molecule has 0 aliphatic heterocycles. The van der Waals surface area contributed by atoms with Crippen LogP contribution in [0.2, 0.25) is 0 Å². The zero-order chi connectivity index (χ0) is 20.3. The summed E-state index contributed by atoms with van der Waals surface area (Å²) in [5, 5.41) is 4.99. The van der Waals surface area contributed by atoms with Gasteiger partial charge in [-0.3, -0.25) is 4.79 Å². The fourth-order valence-electron chi connectivity index (χ4n) is 3.92. The van der Waals surface area contributed by atoms with E-state index in [0.29, 0.717) is 18.4 Å². The molecule has 2 aromatic rings. The molecular formula is C23H34N4O. The van der Waals surface area contributed by atoms with E-state index in [2.05, 4.69) is 56.8 Å². The van der Waals surface area contributed by atoms with Gasteiger partial charge in [-0.1, -0.05) is 45.4 Å². The van der Waals surface area contributed by atoms with Crippen molar-refractivity contribution in [1.82, 2.24) is 14.7 Å². The van der Waals surface area contributed by atoms with Gasteiger partial charge in [0.1, 0.15) is 5.82 Å². The number of hydrogen-bond acceptors (Lipinski definition) is 3. The van der Waals surface area contributed by atoms with E-state index in [1.54, 1.807) is 0 Å². The van der Waals surface area contributed by atoms with Gasteiger partial charge in [0.25, 0.3) is 0 Å². The Balaban J connectivity index is 2.04. The van der Waals surface area contributed by atoms with Crippen molar-refractivity contribution in [3.8, 4) is 5.69 Å². The Hall–Kier alpha value is -2.30. The summed E-state index contributed by atoms with van der Waals surface area (Å²) < 4.78 is 2.03. The van der Waals surface area contributed by atoms with Crippen LogP contribution < -0.4 is 4.90 Å². The van der Waals surface area contributed by atoms with Crippen molar-refractivity contribution in [2.45, 2.75) is 58.9 Å². The molecule has 5 heteroatoms. The van der Waals surface area contributed by atoms with Gasteiger partial charge >= 0.3 is 0 Å². The molecule has 1 aromatic carbocycles. The van der Waals surface area contributed by atoms with Gasteiger partial charge in [0.2, 0.25) is 5.91 Å². The molecule has 1 heterocycles. The maximum absolute atomic E-state index is 13.0. The number of hydrogen-bond donors (Lipinski definition) is 0. The van der Waals surface area contributed by atoms with Crippen molar-refractivity contribution in [1.29, 1.82) is 0 Å². The standard InChI is InChI=1S/C23H34N4O/c1-6-15-26(23(28)18-11-10-12-18)16-20-21(17(2)3)24-27(22(20)25(4)5)19-13-8-7-9-14-19/h7-9,13-14,17-18H,6,10-12,15-16H2,1-5H3. The van der Waals surface area contributed by atoms with Crippen LogP contribution in [-0.4, -0.2) is 41.2 Å². The fourth-order valence-corrected chi connectivity index (χ4v) is 3.92. The van der Waals surface area contributed by atoms with E-state index in [1.165, 1.54) is 12.0 Å². The number of rotatable bonds is 8. The van der Waals surface area contributed by atoms with Crippen LogP contribution in [0.15, 0.2) is 30.3 Å². The zero-order valence-electron chi connectivity index (χ0n) is 18.0. The maximum atomic E-state index is 13.0. The Kier molecular flexibility index (Phi) is 6.42. The molecule has 1 aromatic heterocycles. The van der Waals surface area contributed by atoms with Gasteiger partial charge in [0.15, 0.2) is 0 Å². The molecule has 1 amide bonds. The molecule has 3 rings (SSSR count). The molecule has 0 bridgehead atoms. The highest BCUT2D eigenvalue weighted by atomic mass is 16.2. The fraction of sp³-hybridized carbons (Fsp3) is 0.565. The minimum Gasteiger partial charge on any atom is -0.362 e. The van der Waals surface area contributed by atoms with E-state index in [4.69, 9.17) is 5.10 Å². The van der Waals surface area contributed by atoms with Crippen molar-refractivity contribution in [2.24, 2.45) is 5.92 Å².